The second-order valence-electron chi connectivity index (χ2n) is 5.01. The van der Waals surface area contributed by atoms with Gasteiger partial charge >= 0.3 is 0 Å². The van der Waals surface area contributed by atoms with Gasteiger partial charge < -0.3 is 0 Å². The molecule has 3 atom stereocenters. The number of hydrogen-bond donors (Lipinski definition) is 0. The Morgan fingerprint density at radius 2 is 1.88 bits per heavy atom. The Labute approximate surface area is 96.1 Å². The van der Waals surface area contributed by atoms with Crippen LogP contribution in [0.1, 0.15) is 6.42 Å². The van der Waals surface area contributed by atoms with E-state index < -0.39 is 0 Å². The van der Waals surface area contributed by atoms with Crippen LogP contribution in [-0.4, -0.2) is 0 Å². The van der Waals surface area contributed by atoms with Crippen LogP contribution in [0.5, 0.6) is 0 Å². The van der Waals surface area contributed by atoms with E-state index in [1.54, 1.807) is 5.57 Å². The Morgan fingerprint density at radius 3 is 2.88 bits per heavy atom. The second-order valence-corrected chi connectivity index (χ2v) is 5.01. The van der Waals surface area contributed by atoms with E-state index in [2.05, 4.69) is 54.7 Å². The summed E-state index contributed by atoms with van der Waals surface area (Å²) in [5.74, 6) is 1.95. The van der Waals surface area contributed by atoms with Crippen molar-refractivity contribution in [2.75, 3.05) is 0 Å². The first-order chi connectivity index (χ1) is 7.93. The Morgan fingerprint density at radius 1 is 0.938 bits per heavy atom. The molecule has 16 heavy (non-hydrogen) atoms. The summed E-state index contributed by atoms with van der Waals surface area (Å²) in [5.41, 5.74) is 4.61. The number of hydrogen-bond acceptors (Lipinski definition) is 0. The van der Waals surface area contributed by atoms with Crippen molar-refractivity contribution in [3.05, 3.63) is 71.4 Å². The molecule has 0 heterocycles. The van der Waals surface area contributed by atoms with Crippen LogP contribution in [-0.2, 0) is 0 Å². The van der Waals surface area contributed by atoms with Gasteiger partial charge in [0.15, 0.2) is 0 Å². The summed E-state index contributed by atoms with van der Waals surface area (Å²) in [4.78, 5) is 0. The third-order valence-electron chi connectivity index (χ3n) is 4.21. The quantitative estimate of drug-likeness (QED) is 0.530. The van der Waals surface area contributed by atoms with E-state index in [4.69, 9.17) is 0 Å². The van der Waals surface area contributed by atoms with Crippen LogP contribution in [0.15, 0.2) is 71.4 Å². The molecule has 0 aliphatic heterocycles. The molecule has 4 aliphatic rings. The SMILES string of the molecule is C1=CC2=CC=C3CC=CC4C=CC(=C1)C2C34. The predicted octanol–water partition coefficient (Wildman–Crippen LogP) is 3.73. The largest absolute Gasteiger partial charge is 0.0838 e. The van der Waals surface area contributed by atoms with Crippen LogP contribution in [0.2, 0.25) is 0 Å². The first-order valence-corrected chi connectivity index (χ1v) is 6.07. The van der Waals surface area contributed by atoms with Crippen LogP contribution in [0.3, 0.4) is 0 Å². The molecule has 0 saturated heterocycles. The normalized spacial score (nSPS) is 37.5. The first-order valence-electron chi connectivity index (χ1n) is 6.07. The standard InChI is InChI=1S/C16H14/c1-3-11-7-9-13-5-2-6-14-10-8-12(4-1)15(11)16(13)14/h1-5,7-10,13,15-16H,6H2. The van der Waals surface area contributed by atoms with Crippen LogP contribution in [0, 0.1) is 17.8 Å². The second kappa shape index (κ2) is 2.98. The van der Waals surface area contributed by atoms with Crippen LogP contribution in [0.4, 0.5) is 0 Å². The molecule has 4 rings (SSSR count). The minimum Gasteiger partial charge on any atom is -0.0838 e. The topological polar surface area (TPSA) is 0 Å². The zero-order chi connectivity index (χ0) is 10.5. The summed E-state index contributed by atoms with van der Waals surface area (Å²) in [6, 6.07) is 0. The van der Waals surface area contributed by atoms with Gasteiger partial charge in [0.05, 0.1) is 0 Å². The molecule has 4 aliphatic carbocycles. The summed E-state index contributed by atoms with van der Waals surface area (Å²) in [6.07, 6.45) is 21.9. The number of allylic oxidation sites excluding steroid dienone is 12. The summed E-state index contributed by atoms with van der Waals surface area (Å²) in [5, 5.41) is 0. The smallest absolute Gasteiger partial charge is 0.0164 e. The van der Waals surface area contributed by atoms with E-state index in [1.807, 2.05) is 0 Å². The lowest BCUT2D eigenvalue weighted by atomic mass is 9.61. The van der Waals surface area contributed by atoms with Gasteiger partial charge in [-0.2, -0.15) is 0 Å². The molecule has 3 unspecified atom stereocenters. The average molecular weight is 206 g/mol. The Bertz CT molecular complexity index is 520. The van der Waals surface area contributed by atoms with Crippen molar-refractivity contribution in [1.82, 2.24) is 0 Å². The van der Waals surface area contributed by atoms with Gasteiger partial charge in [0.25, 0.3) is 0 Å². The van der Waals surface area contributed by atoms with Gasteiger partial charge in [-0.15, -0.1) is 0 Å². The third-order valence-corrected chi connectivity index (χ3v) is 4.21. The van der Waals surface area contributed by atoms with Crippen molar-refractivity contribution >= 4 is 0 Å². The van der Waals surface area contributed by atoms with E-state index in [0.717, 1.165) is 6.42 Å². The zero-order valence-electron chi connectivity index (χ0n) is 9.14. The molecule has 0 aromatic carbocycles. The minimum absolute atomic E-state index is 0.623. The molecule has 0 saturated carbocycles. The molecule has 78 valence electrons. The van der Waals surface area contributed by atoms with E-state index in [9.17, 15) is 0 Å². The van der Waals surface area contributed by atoms with Gasteiger partial charge in [-0.25, -0.2) is 0 Å². The molecule has 0 radical (unpaired) electrons. The zero-order valence-corrected chi connectivity index (χ0v) is 9.14. The maximum atomic E-state index is 2.39. The van der Waals surface area contributed by atoms with Gasteiger partial charge in [-0.1, -0.05) is 60.3 Å². The van der Waals surface area contributed by atoms with Crippen molar-refractivity contribution in [3.63, 3.8) is 0 Å². The molecule has 0 amide bonds. The Kier molecular flexibility index (Phi) is 1.59. The fraction of sp³-hybridized carbons (Fsp3) is 0.250. The van der Waals surface area contributed by atoms with Gasteiger partial charge in [-0.3, -0.25) is 0 Å². The fourth-order valence-electron chi connectivity index (χ4n) is 3.49. The van der Waals surface area contributed by atoms with E-state index >= 15 is 0 Å². The van der Waals surface area contributed by atoms with Crippen molar-refractivity contribution in [2.45, 2.75) is 6.42 Å². The summed E-state index contributed by atoms with van der Waals surface area (Å²) in [7, 11) is 0. The van der Waals surface area contributed by atoms with Crippen LogP contribution in [0.25, 0.3) is 0 Å². The van der Waals surface area contributed by atoms with Crippen molar-refractivity contribution < 1.29 is 0 Å². The molecule has 0 bridgehead atoms. The highest BCUT2D eigenvalue weighted by molar-refractivity contribution is 5.52. The van der Waals surface area contributed by atoms with Gasteiger partial charge in [-0.05, 0) is 17.6 Å². The van der Waals surface area contributed by atoms with E-state index in [-0.39, 0.29) is 0 Å². The molecule has 0 heteroatoms. The summed E-state index contributed by atoms with van der Waals surface area (Å²) < 4.78 is 0. The Hall–Kier alpha value is -1.56. The highest BCUT2D eigenvalue weighted by atomic mass is 14.4. The van der Waals surface area contributed by atoms with Crippen molar-refractivity contribution in [1.29, 1.82) is 0 Å². The molecule has 0 spiro atoms. The van der Waals surface area contributed by atoms with Gasteiger partial charge in [0.2, 0.25) is 0 Å². The molecule has 0 fully saturated rings. The predicted molar refractivity (Wildman–Crippen MR) is 66.8 cm³/mol. The summed E-state index contributed by atoms with van der Waals surface area (Å²) in [6.45, 7) is 0. The van der Waals surface area contributed by atoms with E-state index in [0.29, 0.717) is 17.8 Å². The molecule has 0 nitrogen and oxygen atoms in total. The lowest BCUT2D eigenvalue weighted by Crippen LogP contribution is -2.32. The number of rotatable bonds is 0. The molecular weight excluding hydrogens is 192 g/mol. The van der Waals surface area contributed by atoms with E-state index in [1.165, 1.54) is 11.1 Å². The maximum absolute atomic E-state index is 2.39. The van der Waals surface area contributed by atoms with Crippen molar-refractivity contribution in [2.24, 2.45) is 17.8 Å². The lowest BCUT2D eigenvalue weighted by molar-refractivity contribution is 0.399. The molecule has 0 aromatic heterocycles. The molecule has 0 aromatic rings. The molecule has 0 N–H and O–H groups in total. The average Bonchev–Trinajstić information content (AvgIpc) is 2.36. The molecular formula is C16H14. The monoisotopic (exact) mass is 206 g/mol. The highest BCUT2D eigenvalue weighted by Gasteiger charge is 2.38. The summed E-state index contributed by atoms with van der Waals surface area (Å²) >= 11 is 0. The first kappa shape index (κ1) is 8.58. The van der Waals surface area contributed by atoms with Gasteiger partial charge in [0, 0.05) is 17.8 Å². The van der Waals surface area contributed by atoms with Crippen LogP contribution >= 0.6 is 0 Å². The van der Waals surface area contributed by atoms with Gasteiger partial charge in [0.1, 0.15) is 0 Å². The highest BCUT2D eigenvalue weighted by Crippen LogP contribution is 2.49. The van der Waals surface area contributed by atoms with Crippen molar-refractivity contribution in [3.8, 4) is 0 Å². The minimum atomic E-state index is 0.623. The third kappa shape index (κ3) is 0.996. The fourth-order valence-corrected chi connectivity index (χ4v) is 3.49. The maximum Gasteiger partial charge on any atom is 0.0164 e. The Balaban J connectivity index is 1.97. The lowest BCUT2D eigenvalue weighted by Gasteiger charge is -2.42. The van der Waals surface area contributed by atoms with Crippen LogP contribution < -0.4 is 0 Å².